The molecule has 0 aliphatic rings. The van der Waals surface area contributed by atoms with Crippen molar-refractivity contribution in [3.8, 4) is 5.75 Å². The summed E-state index contributed by atoms with van der Waals surface area (Å²) in [4.78, 5) is 12.0. The molecular weight excluding hydrogens is 379 g/mol. The Balaban J connectivity index is 1.51. The van der Waals surface area contributed by atoms with Crippen molar-refractivity contribution in [2.45, 2.75) is 32.8 Å². The number of aromatic nitrogens is 2. The van der Waals surface area contributed by atoms with Gasteiger partial charge in [0.15, 0.2) is 5.01 Å². The SMILES string of the molecule is CC[C@@H](C)c1ccc(OCc2nnc(NC(=O)Nc3ccccc3F)s2)cc1. The lowest BCUT2D eigenvalue weighted by Crippen LogP contribution is -2.19. The van der Waals surface area contributed by atoms with Crippen molar-refractivity contribution < 1.29 is 13.9 Å². The molecule has 1 atom stereocenters. The molecule has 3 rings (SSSR count). The molecule has 0 fully saturated rings. The van der Waals surface area contributed by atoms with E-state index >= 15 is 0 Å². The number of carbonyl (C=O) groups is 1. The summed E-state index contributed by atoms with van der Waals surface area (Å²) < 4.78 is 19.3. The second-order valence-electron chi connectivity index (χ2n) is 6.23. The van der Waals surface area contributed by atoms with Crippen LogP contribution in [0.25, 0.3) is 0 Å². The third-order valence-electron chi connectivity index (χ3n) is 4.23. The predicted octanol–water partition coefficient (Wildman–Crippen LogP) is 5.41. The van der Waals surface area contributed by atoms with Crippen LogP contribution in [0, 0.1) is 5.82 Å². The van der Waals surface area contributed by atoms with Gasteiger partial charge in [0.05, 0.1) is 5.69 Å². The molecule has 1 aromatic heterocycles. The van der Waals surface area contributed by atoms with E-state index in [-0.39, 0.29) is 12.3 Å². The molecule has 2 aromatic carbocycles. The van der Waals surface area contributed by atoms with Gasteiger partial charge in [-0.2, -0.15) is 0 Å². The van der Waals surface area contributed by atoms with E-state index in [9.17, 15) is 9.18 Å². The number of halogens is 1. The van der Waals surface area contributed by atoms with Crippen LogP contribution in [-0.2, 0) is 6.61 Å². The Labute approximate surface area is 166 Å². The number of para-hydroxylation sites is 1. The molecule has 0 radical (unpaired) electrons. The maximum absolute atomic E-state index is 13.6. The van der Waals surface area contributed by atoms with Crippen LogP contribution in [0.4, 0.5) is 20.0 Å². The smallest absolute Gasteiger partial charge is 0.325 e. The molecule has 0 aliphatic carbocycles. The molecule has 2 amide bonds. The Bertz CT molecular complexity index is 930. The summed E-state index contributed by atoms with van der Waals surface area (Å²) in [5, 5.41) is 13.8. The van der Waals surface area contributed by atoms with Gasteiger partial charge in [-0.15, -0.1) is 10.2 Å². The minimum Gasteiger partial charge on any atom is -0.486 e. The van der Waals surface area contributed by atoms with E-state index in [0.717, 1.165) is 12.2 Å². The van der Waals surface area contributed by atoms with Crippen LogP contribution in [0.1, 0.15) is 36.8 Å². The average Bonchev–Trinajstić information content (AvgIpc) is 3.15. The lowest BCUT2D eigenvalue weighted by molar-refractivity contribution is 0.262. The van der Waals surface area contributed by atoms with E-state index in [2.05, 4.69) is 46.8 Å². The average molecular weight is 400 g/mol. The zero-order valence-corrected chi connectivity index (χ0v) is 16.4. The molecule has 0 bridgehead atoms. The summed E-state index contributed by atoms with van der Waals surface area (Å²) in [6.07, 6.45) is 1.09. The third-order valence-corrected chi connectivity index (χ3v) is 5.05. The summed E-state index contributed by atoms with van der Waals surface area (Å²) in [6, 6.07) is 13.3. The number of anilines is 2. The number of urea groups is 1. The van der Waals surface area contributed by atoms with Crippen LogP contribution in [0.3, 0.4) is 0 Å². The molecule has 0 aliphatic heterocycles. The summed E-state index contributed by atoms with van der Waals surface area (Å²) in [6.45, 7) is 4.59. The van der Waals surface area contributed by atoms with E-state index in [1.54, 1.807) is 12.1 Å². The maximum atomic E-state index is 13.6. The first-order chi connectivity index (χ1) is 13.5. The number of hydrogen-bond donors (Lipinski definition) is 2. The van der Waals surface area contributed by atoms with E-state index in [0.29, 0.717) is 16.1 Å². The molecule has 2 N–H and O–H groups in total. The van der Waals surface area contributed by atoms with Gasteiger partial charge in [0.25, 0.3) is 0 Å². The molecular formula is C20H21FN4O2S. The Hall–Kier alpha value is -3.00. The van der Waals surface area contributed by atoms with E-state index in [1.807, 2.05) is 12.1 Å². The normalized spacial score (nSPS) is 11.7. The van der Waals surface area contributed by atoms with Crippen LogP contribution in [0.2, 0.25) is 0 Å². The highest BCUT2D eigenvalue weighted by molar-refractivity contribution is 7.15. The van der Waals surface area contributed by atoms with E-state index < -0.39 is 11.8 Å². The van der Waals surface area contributed by atoms with Gasteiger partial charge in [-0.1, -0.05) is 49.4 Å². The van der Waals surface area contributed by atoms with Crippen molar-refractivity contribution in [2.75, 3.05) is 10.6 Å². The number of nitrogens with zero attached hydrogens (tertiary/aromatic N) is 2. The number of benzene rings is 2. The molecule has 28 heavy (non-hydrogen) atoms. The first kappa shape index (κ1) is 19.8. The van der Waals surface area contributed by atoms with Gasteiger partial charge in [0, 0.05) is 0 Å². The number of ether oxygens (including phenoxy) is 1. The van der Waals surface area contributed by atoms with Crippen molar-refractivity contribution in [3.63, 3.8) is 0 Å². The summed E-state index contributed by atoms with van der Waals surface area (Å²) in [5.41, 5.74) is 1.37. The second-order valence-corrected chi connectivity index (χ2v) is 7.29. The quantitative estimate of drug-likeness (QED) is 0.556. The minimum atomic E-state index is -0.589. The number of carbonyl (C=O) groups excluding carboxylic acids is 1. The Morgan fingerprint density at radius 2 is 1.89 bits per heavy atom. The molecule has 8 heteroatoms. The molecule has 0 spiro atoms. The first-order valence-electron chi connectivity index (χ1n) is 8.93. The third kappa shape index (κ3) is 5.26. The molecule has 0 unspecified atom stereocenters. The summed E-state index contributed by atoms with van der Waals surface area (Å²) >= 11 is 1.19. The largest absolute Gasteiger partial charge is 0.486 e. The molecule has 146 valence electrons. The molecule has 6 nitrogen and oxygen atoms in total. The minimum absolute atomic E-state index is 0.0916. The van der Waals surface area contributed by atoms with E-state index in [4.69, 9.17) is 4.74 Å². The topological polar surface area (TPSA) is 76.1 Å². The van der Waals surface area contributed by atoms with Crippen molar-refractivity contribution >= 4 is 28.2 Å². The molecule has 0 saturated carbocycles. The van der Waals surface area contributed by atoms with Crippen molar-refractivity contribution in [1.82, 2.24) is 10.2 Å². The second kappa shape index (κ2) is 9.27. The monoisotopic (exact) mass is 400 g/mol. The fraction of sp³-hybridized carbons (Fsp3) is 0.250. The number of amides is 2. The van der Waals surface area contributed by atoms with Crippen molar-refractivity contribution in [2.24, 2.45) is 0 Å². The van der Waals surface area contributed by atoms with Gasteiger partial charge in [0.1, 0.15) is 18.2 Å². The van der Waals surface area contributed by atoms with Crippen LogP contribution in [0.15, 0.2) is 48.5 Å². The van der Waals surface area contributed by atoms with Gasteiger partial charge in [-0.05, 0) is 42.2 Å². The summed E-state index contributed by atoms with van der Waals surface area (Å²) in [5.74, 6) is 0.749. The van der Waals surface area contributed by atoms with Gasteiger partial charge >= 0.3 is 6.03 Å². The van der Waals surface area contributed by atoms with Gasteiger partial charge < -0.3 is 10.1 Å². The fourth-order valence-corrected chi connectivity index (χ4v) is 3.10. The number of nitrogens with one attached hydrogen (secondary N) is 2. The van der Waals surface area contributed by atoms with Gasteiger partial charge in [-0.25, -0.2) is 9.18 Å². The highest BCUT2D eigenvalue weighted by Crippen LogP contribution is 2.23. The fourth-order valence-electron chi connectivity index (χ4n) is 2.45. The van der Waals surface area contributed by atoms with Crippen LogP contribution >= 0.6 is 11.3 Å². The number of hydrogen-bond acceptors (Lipinski definition) is 5. The Morgan fingerprint density at radius 3 is 2.61 bits per heavy atom. The Kier molecular flexibility index (Phi) is 6.54. The van der Waals surface area contributed by atoms with Gasteiger partial charge in [-0.3, -0.25) is 5.32 Å². The summed E-state index contributed by atoms with van der Waals surface area (Å²) in [7, 11) is 0. The standard InChI is InChI=1S/C20H21FN4O2S/c1-3-13(2)14-8-10-15(11-9-14)27-12-18-24-25-20(28-18)23-19(26)22-17-7-5-4-6-16(17)21/h4-11,13H,3,12H2,1-2H3,(H2,22,23,25,26)/t13-/m1/s1. The molecule has 0 saturated heterocycles. The lowest BCUT2D eigenvalue weighted by Gasteiger charge is -2.10. The molecule has 1 heterocycles. The first-order valence-corrected chi connectivity index (χ1v) is 9.74. The maximum Gasteiger partial charge on any atom is 0.325 e. The van der Waals surface area contributed by atoms with Crippen LogP contribution in [-0.4, -0.2) is 16.2 Å². The molecule has 3 aromatic rings. The highest BCUT2D eigenvalue weighted by atomic mass is 32.1. The van der Waals surface area contributed by atoms with Crippen molar-refractivity contribution in [3.05, 3.63) is 64.9 Å². The lowest BCUT2D eigenvalue weighted by atomic mass is 9.99. The van der Waals surface area contributed by atoms with Crippen molar-refractivity contribution in [1.29, 1.82) is 0 Å². The highest BCUT2D eigenvalue weighted by Gasteiger charge is 2.11. The number of rotatable bonds is 7. The van der Waals surface area contributed by atoms with Gasteiger partial charge in [0.2, 0.25) is 5.13 Å². The van der Waals surface area contributed by atoms with Crippen LogP contribution in [0.5, 0.6) is 5.75 Å². The zero-order valence-electron chi connectivity index (χ0n) is 15.6. The zero-order chi connectivity index (χ0) is 19.9. The van der Waals surface area contributed by atoms with E-state index in [1.165, 1.54) is 29.0 Å². The predicted molar refractivity (Wildman–Crippen MR) is 108 cm³/mol. The Morgan fingerprint density at radius 1 is 1.14 bits per heavy atom. The van der Waals surface area contributed by atoms with Crippen LogP contribution < -0.4 is 15.4 Å².